The Morgan fingerprint density at radius 2 is 1.50 bits per heavy atom. The van der Waals surface area contributed by atoms with Gasteiger partial charge in [-0.1, -0.05) is 80.6 Å². The number of ether oxygens (including phenoxy) is 1. The third kappa shape index (κ3) is 4.83. The summed E-state index contributed by atoms with van der Waals surface area (Å²) >= 11 is 0. The Hall–Kier alpha value is -4.19. The number of nitrogens with zero attached hydrogens (tertiary/aromatic N) is 1. The molecule has 40 heavy (non-hydrogen) atoms. The van der Waals surface area contributed by atoms with E-state index in [1.165, 1.54) is 12.1 Å². The predicted octanol–water partition coefficient (Wildman–Crippen LogP) is 6.57. The summed E-state index contributed by atoms with van der Waals surface area (Å²) < 4.78 is 35.9. The van der Waals surface area contributed by atoms with Gasteiger partial charge >= 0.3 is 0 Å². The lowest BCUT2D eigenvalue weighted by molar-refractivity contribution is -0.124. The monoisotopic (exact) mass is 540 g/mol. The number of anilines is 1. The number of primary amides is 1. The van der Waals surface area contributed by atoms with Gasteiger partial charge in [0.2, 0.25) is 5.91 Å². The van der Waals surface area contributed by atoms with Crippen LogP contribution in [0, 0.1) is 17.6 Å². The molecule has 1 aliphatic heterocycles. The molecule has 0 spiro atoms. The molecule has 0 radical (unpaired) electrons. The first kappa shape index (κ1) is 27.4. The van der Waals surface area contributed by atoms with Gasteiger partial charge < -0.3 is 15.4 Å². The second-order valence-corrected chi connectivity index (χ2v) is 10.9. The first-order chi connectivity index (χ1) is 19.3. The van der Waals surface area contributed by atoms with Crippen LogP contribution in [0.5, 0.6) is 5.75 Å². The molecule has 4 nitrogen and oxygen atoms in total. The van der Waals surface area contributed by atoms with E-state index in [2.05, 4.69) is 18.7 Å². The number of halogens is 2. The molecule has 1 aliphatic rings. The maximum Gasteiger partial charge on any atom is 0.230 e. The molecule has 0 aromatic heterocycles. The number of methoxy groups -OCH3 is 1. The van der Waals surface area contributed by atoms with Crippen LogP contribution in [0.15, 0.2) is 91.0 Å². The number of amides is 1. The minimum absolute atomic E-state index is 0.0392. The lowest BCUT2D eigenvalue weighted by atomic mass is 9.66. The summed E-state index contributed by atoms with van der Waals surface area (Å²) in [5.41, 5.74) is 9.31. The van der Waals surface area contributed by atoms with E-state index in [1.807, 2.05) is 42.5 Å². The number of carbonyl (C=O) groups excluding carboxylic acids is 1. The van der Waals surface area contributed by atoms with Crippen molar-refractivity contribution in [2.45, 2.75) is 44.7 Å². The molecule has 2 atom stereocenters. The maximum atomic E-state index is 15.2. The van der Waals surface area contributed by atoms with Crippen molar-refractivity contribution in [3.05, 3.63) is 130 Å². The second-order valence-electron chi connectivity index (χ2n) is 10.9. The summed E-state index contributed by atoms with van der Waals surface area (Å²) in [6.07, 6.45) is 0.301. The van der Waals surface area contributed by atoms with E-state index in [1.54, 1.807) is 43.5 Å². The number of carbonyl (C=O) groups is 1. The molecule has 206 valence electrons. The van der Waals surface area contributed by atoms with Crippen LogP contribution in [0.2, 0.25) is 0 Å². The summed E-state index contributed by atoms with van der Waals surface area (Å²) in [5, 5.41) is 0. The number of fused-ring (bicyclic) bond motifs is 1. The topological polar surface area (TPSA) is 55.6 Å². The fourth-order valence-corrected chi connectivity index (χ4v) is 6.45. The number of nitrogens with two attached hydrogens (primary N) is 1. The Morgan fingerprint density at radius 1 is 0.900 bits per heavy atom. The van der Waals surface area contributed by atoms with E-state index >= 15 is 4.39 Å². The average molecular weight is 541 g/mol. The van der Waals surface area contributed by atoms with Crippen molar-refractivity contribution in [2.24, 2.45) is 11.7 Å². The van der Waals surface area contributed by atoms with E-state index < -0.39 is 23.2 Å². The van der Waals surface area contributed by atoms with Gasteiger partial charge in [0.15, 0.2) is 0 Å². The van der Waals surface area contributed by atoms with Crippen LogP contribution >= 0.6 is 0 Å². The highest BCUT2D eigenvalue weighted by Gasteiger charge is 2.57. The smallest absolute Gasteiger partial charge is 0.230 e. The molecule has 0 bridgehead atoms. The molecule has 0 aliphatic carbocycles. The summed E-state index contributed by atoms with van der Waals surface area (Å²) in [7, 11) is 1.59. The Bertz CT molecular complexity index is 1520. The van der Waals surface area contributed by atoms with Gasteiger partial charge in [-0.3, -0.25) is 4.79 Å². The third-order valence-corrected chi connectivity index (χ3v) is 8.04. The largest absolute Gasteiger partial charge is 0.497 e. The Labute approximate surface area is 234 Å². The van der Waals surface area contributed by atoms with Crippen molar-refractivity contribution >= 4 is 11.6 Å². The van der Waals surface area contributed by atoms with Crippen LogP contribution in [-0.2, 0) is 29.6 Å². The standard InChI is InChI=1S/C34H34F2N2O2/c1-22(2)32-34(33(37)39,20-25-14-8-10-16-29(25)36)31-26(17-24-13-7-9-15-28(24)35)18-27(40-3)19-30(31)38(32)21-23-11-5-4-6-12-23/h4-16,18-19,22,32H,17,20-21H2,1-3H3,(H2,37,39). The number of rotatable bonds is 9. The molecule has 0 saturated heterocycles. The second kappa shape index (κ2) is 11.1. The molecule has 4 aromatic carbocycles. The third-order valence-electron chi connectivity index (χ3n) is 8.04. The fraction of sp³-hybridized carbons (Fsp3) is 0.265. The van der Waals surface area contributed by atoms with Gasteiger partial charge in [0.1, 0.15) is 22.8 Å². The van der Waals surface area contributed by atoms with Crippen molar-refractivity contribution in [3.63, 3.8) is 0 Å². The van der Waals surface area contributed by atoms with Gasteiger partial charge in [-0.05, 0) is 58.4 Å². The summed E-state index contributed by atoms with van der Waals surface area (Å²) in [6, 6.07) is 26.5. The number of benzene rings is 4. The van der Waals surface area contributed by atoms with E-state index in [-0.39, 0.29) is 24.6 Å². The molecule has 2 unspecified atom stereocenters. The SMILES string of the molecule is COc1cc(Cc2ccccc2F)c2c(c1)N(Cc1ccccc1)C(C(C)C)C2(Cc1ccccc1F)C(N)=O. The Kier molecular flexibility index (Phi) is 7.61. The fourth-order valence-electron chi connectivity index (χ4n) is 6.45. The van der Waals surface area contributed by atoms with E-state index in [0.29, 0.717) is 29.0 Å². The van der Waals surface area contributed by atoms with E-state index in [9.17, 15) is 9.18 Å². The van der Waals surface area contributed by atoms with E-state index in [4.69, 9.17) is 10.5 Å². The van der Waals surface area contributed by atoms with Crippen LogP contribution in [0.4, 0.5) is 14.5 Å². The van der Waals surface area contributed by atoms with E-state index in [0.717, 1.165) is 16.8 Å². The minimum Gasteiger partial charge on any atom is -0.497 e. The molecule has 0 saturated carbocycles. The van der Waals surface area contributed by atoms with Gasteiger partial charge in [0.25, 0.3) is 0 Å². The minimum atomic E-state index is -1.28. The molecular formula is C34H34F2N2O2. The van der Waals surface area contributed by atoms with Crippen molar-refractivity contribution in [1.82, 2.24) is 0 Å². The molecule has 1 heterocycles. The maximum absolute atomic E-state index is 15.2. The van der Waals surface area contributed by atoms with Crippen LogP contribution in [0.3, 0.4) is 0 Å². The van der Waals surface area contributed by atoms with Crippen molar-refractivity contribution in [1.29, 1.82) is 0 Å². The zero-order valence-electron chi connectivity index (χ0n) is 23.0. The van der Waals surface area contributed by atoms with Gasteiger partial charge in [-0.25, -0.2) is 8.78 Å². The molecule has 2 N–H and O–H groups in total. The summed E-state index contributed by atoms with van der Waals surface area (Å²) in [6.45, 7) is 4.62. The molecule has 6 heteroatoms. The van der Waals surface area contributed by atoms with Crippen LogP contribution < -0.4 is 15.4 Å². The first-order valence-corrected chi connectivity index (χ1v) is 13.5. The highest BCUT2D eigenvalue weighted by molar-refractivity contribution is 5.94. The van der Waals surface area contributed by atoms with Crippen molar-refractivity contribution in [3.8, 4) is 5.75 Å². The average Bonchev–Trinajstić information content (AvgIpc) is 3.22. The first-order valence-electron chi connectivity index (χ1n) is 13.5. The van der Waals surface area contributed by atoms with Gasteiger partial charge in [0.05, 0.1) is 13.2 Å². The lowest BCUT2D eigenvalue weighted by Crippen LogP contribution is -2.56. The zero-order valence-corrected chi connectivity index (χ0v) is 23.0. The quantitative estimate of drug-likeness (QED) is 0.261. The Morgan fingerprint density at radius 3 is 2.08 bits per heavy atom. The molecule has 5 rings (SSSR count). The van der Waals surface area contributed by atoms with Crippen LogP contribution in [0.1, 0.15) is 41.7 Å². The summed E-state index contributed by atoms with van der Waals surface area (Å²) in [5.74, 6) is -0.707. The van der Waals surface area contributed by atoms with Crippen LogP contribution in [0.25, 0.3) is 0 Å². The number of hydrogen-bond acceptors (Lipinski definition) is 3. The molecule has 0 fully saturated rings. The highest BCUT2D eigenvalue weighted by Crippen LogP contribution is 2.53. The van der Waals surface area contributed by atoms with Gasteiger partial charge in [-0.2, -0.15) is 0 Å². The number of hydrogen-bond donors (Lipinski definition) is 1. The molecular weight excluding hydrogens is 506 g/mol. The predicted molar refractivity (Wildman–Crippen MR) is 154 cm³/mol. The van der Waals surface area contributed by atoms with Crippen LogP contribution in [-0.4, -0.2) is 19.1 Å². The van der Waals surface area contributed by atoms with Crippen molar-refractivity contribution < 1.29 is 18.3 Å². The van der Waals surface area contributed by atoms with Gasteiger partial charge in [0, 0.05) is 24.7 Å². The van der Waals surface area contributed by atoms with Crippen molar-refractivity contribution in [2.75, 3.05) is 12.0 Å². The Balaban J connectivity index is 1.81. The zero-order chi connectivity index (χ0) is 28.4. The highest BCUT2D eigenvalue weighted by atomic mass is 19.1. The lowest BCUT2D eigenvalue weighted by Gasteiger charge is -2.40. The molecule has 1 amide bonds. The van der Waals surface area contributed by atoms with Gasteiger partial charge in [-0.15, -0.1) is 0 Å². The summed E-state index contributed by atoms with van der Waals surface area (Å²) in [4.78, 5) is 16.1. The molecule has 4 aromatic rings. The normalized spacial score (nSPS) is 18.1.